The van der Waals surface area contributed by atoms with Crippen LogP contribution in [0.3, 0.4) is 0 Å². The third-order valence-corrected chi connectivity index (χ3v) is 4.73. The van der Waals surface area contributed by atoms with Crippen molar-refractivity contribution < 1.29 is 4.79 Å². The molecular formula is C17H24N2O. The molecule has 3 nitrogen and oxygen atoms in total. The van der Waals surface area contributed by atoms with Gasteiger partial charge in [-0.3, -0.25) is 10.1 Å². The number of rotatable bonds is 4. The SMILES string of the molecule is CCc1ccc(C2NC(CC)C(=O)N2C2CC2C)cc1. The normalized spacial score (nSPS) is 32.8. The molecule has 1 aliphatic heterocycles. The fraction of sp³-hybridized carbons (Fsp3) is 0.588. The van der Waals surface area contributed by atoms with Crippen molar-refractivity contribution in [3.05, 3.63) is 35.4 Å². The monoisotopic (exact) mass is 272 g/mol. The number of nitrogens with one attached hydrogen (secondary N) is 1. The van der Waals surface area contributed by atoms with E-state index >= 15 is 0 Å². The molecule has 108 valence electrons. The Morgan fingerprint density at radius 2 is 1.90 bits per heavy atom. The van der Waals surface area contributed by atoms with E-state index in [9.17, 15) is 4.79 Å². The van der Waals surface area contributed by atoms with Crippen molar-refractivity contribution in [2.45, 2.75) is 58.3 Å². The molecule has 1 N–H and O–H groups in total. The van der Waals surface area contributed by atoms with E-state index in [-0.39, 0.29) is 18.1 Å². The molecule has 0 spiro atoms. The number of hydrogen-bond acceptors (Lipinski definition) is 2. The summed E-state index contributed by atoms with van der Waals surface area (Å²) in [5.74, 6) is 0.931. The van der Waals surface area contributed by atoms with Gasteiger partial charge in [0.05, 0.1) is 6.04 Å². The Morgan fingerprint density at radius 1 is 1.25 bits per heavy atom. The van der Waals surface area contributed by atoms with Crippen LogP contribution in [0.2, 0.25) is 0 Å². The molecule has 1 heterocycles. The molecule has 0 aromatic heterocycles. The molecule has 1 saturated carbocycles. The van der Waals surface area contributed by atoms with Gasteiger partial charge in [-0.15, -0.1) is 0 Å². The molecule has 3 rings (SSSR count). The molecule has 2 fully saturated rings. The lowest BCUT2D eigenvalue weighted by Crippen LogP contribution is -2.33. The second-order valence-corrected chi connectivity index (χ2v) is 6.15. The van der Waals surface area contributed by atoms with Crippen LogP contribution >= 0.6 is 0 Å². The van der Waals surface area contributed by atoms with Crippen LogP contribution in [-0.4, -0.2) is 22.9 Å². The van der Waals surface area contributed by atoms with Gasteiger partial charge in [-0.05, 0) is 36.3 Å². The van der Waals surface area contributed by atoms with E-state index in [4.69, 9.17) is 0 Å². The minimum atomic E-state index is -0.0151. The predicted molar refractivity (Wildman–Crippen MR) is 80.2 cm³/mol. The van der Waals surface area contributed by atoms with Gasteiger partial charge in [-0.2, -0.15) is 0 Å². The molecule has 0 radical (unpaired) electrons. The summed E-state index contributed by atoms with van der Waals surface area (Å²) in [7, 11) is 0. The van der Waals surface area contributed by atoms with Gasteiger partial charge < -0.3 is 4.90 Å². The maximum Gasteiger partial charge on any atom is 0.241 e. The molecule has 4 unspecified atom stereocenters. The number of benzene rings is 1. The maximum absolute atomic E-state index is 12.5. The van der Waals surface area contributed by atoms with Crippen molar-refractivity contribution in [2.24, 2.45) is 5.92 Å². The molecule has 1 aromatic rings. The number of carbonyl (C=O) groups is 1. The summed E-state index contributed by atoms with van der Waals surface area (Å²) in [6.07, 6.45) is 3.12. The highest BCUT2D eigenvalue weighted by Crippen LogP contribution is 2.42. The minimum absolute atomic E-state index is 0.0151. The Labute approximate surface area is 121 Å². The van der Waals surface area contributed by atoms with Gasteiger partial charge in [0, 0.05) is 6.04 Å². The van der Waals surface area contributed by atoms with Gasteiger partial charge in [0.25, 0.3) is 0 Å². The second kappa shape index (κ2) is 5.21. The Hall–Kier alpha value is -1.35. The van der Waals surface area contributed by atoms with Crippen molar-refractivity contribution in [1.29, 1.82) is 0 Å². The van der Waals surface area contributed by atoms with Crippen molar-refractivity contribution >= 4 is 5.91 Å². The standard InChI is InChI=1S/C17H24N2O/c1-4-12-6-8-13(9-7-12)16-18-14(5-2)17(20)19(16)15-10-11(15)3/h6-9,11,14-16,18H,4-5,10H2,1-3H3. The highest BCUT2D eigenvalue weighted by molar-refractivity contribution is 5.85. The van der Waals surface area contributed by atoms with Gasteiger partial charge >= 0.3 is 0 Å². The summed E-state index contributed by atoms with van der Waals surface area (Å²) in [5.41, 5.74) is 2.56. The molecule has 3 heteroatoms. The highest BCUT2D eigenvalue weighted by Gasteiger charge is 2.49. The molecule has 0 bridgehead atoms. The number of hydrogen-bond donors (Lipinski definition) is 1. The number of aryl methyl sites for hydroxylation is 1. The average Bonchev–Trinajstić information content (AvgIpc) is 3.09. The quantitative estimate of drug-likeness (QED) is 0.914. The van der Waals surface area contributed by atoms with E-state index in [1.807, 2.05) is 0 Å². The van der Waals surface area contributed by atoms with Crippen molar-refractivity contribution in [1.82, 2.24) is 10.2 Å². The molecule has 20 heavy (non-hydrogen) atoms. The first kappa shape index (κ1) is 13.6. The maximum atomic E-state index is 12.5. The third-order valence-electron chi connectivity index (χ3n) is 4.73. The summed E-state index contributed by atoms with van der Waals surface area (Å²) in [5, 5.41) is 3.51. The van der Waals surface area contributed by atoms with Gasteiger partial charge in [0.15, 0.2) is 0 Å². The smallest absolute Gasteiger partial charge is 0.241 e. The molecular weight excluding hydrogens is 248 g/mol. The van der Waals surface area contributed by atoms with E-state index in [0.29, 0.717) is 12.0 Å². The summed E-state index contributed by atoms with van der Waals surface area (Å²) < 4.78 is 0. The van der Waals surface area contributed by atoms with E-state index in [1.165, 1.54) is 11.1 Å². The topological polar surface area (TPSA) is 32.3 Å². The van der Waals surface area contributed by atoms with Crippen molar-refractivity contribution in [2.75, 3.05) is 0 Å². The zero-order valence-electron chi connectivity index (χ0n) is 12.6. The van der Waals surface area contributed by atoms with Gasteiger partial charge in [-0.25, -0.2) is 0 Å². The Balaban J connectivity index is 1.87. The summed E-state index contributed by atoms with van der Waals surface area (Å²) >= 11 is 0. The first-order valence-corrected chi connectivity index (χ1v) is 7.82. The van der Waals surface area contributed by atoms with E-state index in [2.05, 4.69) is 55.3 Å². The second-order valence-electron chi connectivity index (χ2n) is 6.15. The van der Waals surface area contributed by atoms with Crippen LogP contribution in [-0.2, 0) is 11.2 Å². The van der Waals surface area contributed by atoms with Crippen LogP contribution in [0.4, 0.5) is 0 Å². The lowest BCUT2D eigenvalue weighted by Gasteiger charge is -2.25. The summed E-state index contributed by atoms with van der Waals surface area (Å²) in [6, 6.07) is 9.11. The molecule has 1 saturated heterocycles. The van der Waals surface area contributed by atoms with Gasteiger partial charge in [0.1, 0.15) is 6.17 Å². The van der Waals surface area contributed by atoms with Crippen LogP contribution in [0.15, 0.2) is 24.3 Å². The Morgan fingerprint density at radius 3 is 2.40 bits per heavy atom. The number of carbonyl (C=O) groups excluding carboxylic acids is 1. The minimum Gasteiger partial charge on any atom is -0.318 e. The lowest BCUT2D eigenvalue weighted by molar-refractivity contribution is -0.130. The van der Waals surface area contributed by atoms with Crippen molar-refractivity contribution in [3.8, 4) is 0 Å². The van der Waals surface area contributed by atoms with Gasteiger partial charge in [-0.1, -0.05) is 45.0 Å². The molecule has 1 amide bonds. The van der Waals surface area contributed by atoms with Crippen LogP contribution in [0.5, 0.6) is 0 Å². The van der Waals surface area contributed by atoms with Crippen molar-refractivity contribution in [3.63, 3.8) is 0 Å². The summed E-state index contributed by atoms with van der Waals surface area (Å²) in [4.78, 5) is 14.6. The van der Waals surface area contributed by atoms with E-state index in [0.717, 1.165) is 19.3 Å². The zero-order chi connectivity index (χ0) is 14.3. The molecule has 1 aromatic carbocycles. The Bertz CT molecular complexity index is 496. The highest BCUT2D eigenvalue weighted by atomic mass is 16.2. The number of amides is 1. The van der Waals surface area contributed by atoms with Crippen LogP contribution in [0, 0.1) is 5.92 Å². The Kier molecular flexibility index (Phi) is 3.55. The number of nitrogens with zero attached hydrogens (tertiary/aromatic N) is 1. The van der Waals surface area contributed by atoms with Gasteiger partial charge in [0.2, 0.25) is 5.91 Å². The third kappa shape index (κ3) is 2.24. The average molecular weight is 272 g/mol. The predicted octanol–water partition coefficient (Wildman–Crippen LogP) is 2.87. The lowest BCUT2D eigenvalue weighted by atomic mass is 10.1. The summed E-state index contributed by atoms with van der Waals surface area (Å²) in [6.45, 7) is 6.47. The molecule has 1 aliphatic carbocycles. The zero-order valence-corrected chi connectivity index (χ0v) is 12.6. The van der Waals surface area contributed by atoms with Crippen LogP contribution in [0.25, 0.3) is 0 Å². The molecule has 4 atom stereocenters. The first-order chi connectivity index (χ1) is 9.65. The van der Waals surface area contributed by atoms with E-state index in [1.54, 1.807) is 0 Å². The first-order valence-electron chi connectivity index (χ1n) is 7.82. The fourth-order valence-electron chi connectivity index (χ4n) is 3.18. The van der Waals surface area contributed by atoms with Crippen LogP contribution in [0.1, 0.15) is 50.9 Å². The largest absolute Gasteiger partial charge is 0.318 e. The van der Waals surface area contributed by atoms with Crippen LogP contribution < -0.4 is 5.32 Å². The fourth-order valence-corrected chi connectivity index (χ4v) is 3.18. The molecule has 2 aliphatic rings. The van der Waals surface area contributed by atoms with E-state index < -0.39 is 0 Å².